The van der Waals surface area contributed by atoms with Gasteiger partial charge in [-0.3, -0.25) is 4.79 Å². The Morgan fingerprint density at radius 3 is 2.80 bits per heavy atom. The van der Waals surface area contributed by atoms with Crippen LogP contribution >= 0.6 is 15.9 Å². The van der Waals surface area contributed by atoms with Crippen molar-refractivity contribution >= 4 is 21.7 Å². The molecule has 4 nitrogen and oxygen atoms in total. The van der Waals surface area contributed by atoms with E-state index in [0.29, 0.717) is 13.2 Å². The molecular formula is C15H16BrNO3. The van der Waals surface area contributed by atoms with Crippen LogP contribution in [-0.4, -0.2) is 19.1 Å². The van der Waals surface area contributed by atoms with E-state index < -0.39 is 0 Å². The molecule has 0 atom stereocenters. The molecule has 106 valence electrons. The van der Waals surface area contributed by atoms with E-state index in [9.17, 15) is 4.79 Å². The molecule has 1 N–H and O–H groups in total. The number of ketones is 1. The summed E-state index contributed by atoms with van der Waals surface area (Å²) in [6, 6.07) is 3.95. The van der Waals surface area contributed by atoms with Gasteiger partial charge in [0.1, 0.15) is 0 Å². The van der Waals surface area contributed by atoms with Gasteiger partial charge in [-0.05, 0) is 37.0 Å². The zero-order chi connectivity index (χ0) is 13.9. The van der Waals surface area contributed by atoms with Crippen LogP contribution in [0.5, 0.6) is 11.5 Å². The number of hydrogen-bond acceptors (Lipinski definition) is 4. The summed E-state index contributed by atoms with van der Waals surface area (Å²) in [4.78, 5) is 11.3. The molecule has 20 heavy (non-hydrogen) atoms. The van der Waals surface area contributed by atoms with Gasteiger partial charge in [-0.25, -0.2) is 0 Å². The Kier molecular flexibility index (Phi) is 3.96. The Morgan fingerprint density at radius 2 is 2.00 bits per heavy atom. The third-order valence-electron chi connectivity index (χ3n) is 3.49. The number of nitrogens with one attached hydrogen (secondary N) is 1. The summed E-state index contributed by atoms with van der Waals surface area (Å²) >= 11 is 3.55. The quantitative estimate of drug-likeness (QED) is 0.917. The van der Waals surface area contributed by atoms with Crippen LogP contribution in [0, 0.1) is 0 Å². The van der Waals surface area contributed by atoms with Crippen LogP contribution in [-0.2, 0) is 11.2 Å². The number of carbonyl (C=O) groups is 1. The van der Waals surface area contributed by atoms with Crippen LogP contribution in [0.1, 0.15) is 24.8 Å². The standard InChI is InChI=1S/C15H16BrNO3/c16-13-8-15-14(19-9-20-15)6-10(13)4-5-17-11-2-1-3-12(18)7-11/h6-8,17H,1-5,9H2. The minimum atomic E-state index is 0.225. The molecule has 1 aromatic carbocycles. The maximum absolute atomic E-state index is 11.3. The number of rotatable bonds is 4. The molecule has 0 bridgehead atoms. The van der Waals surface area contributed by atoms with E-state index in [1.54, 1.807) is 6.08 Å². The lowest BCUT2D eigenvalue weighted by Crippen LogP contribution is -2.20. The number of fused-ring (bicyclic) bond motifs is 1. The molecule has 0 aromatic heterocycles. The van der Waals surface area contributed by atoms with Gasteiger partial charge in [0.05, 0.1) is 0 Å². The van der Waals surface area contributed by atoms with Crippen molar-refractivity contribution in [3.8, 4) is 11.5 Å². The SMILES string of the molecule is O=C1C=C(NCCc2cc3c(cc2Br)OCO3)CCC1. The molecule has 0 amide bonds. The summed E-state index contributed by atoms with van der Waals surface area (Å²) in [5.74, 6) is 1.81. The Hall–Kier alpha value is -1.49. The largest absolute Gasteiger partial charge is 0.454 e. The van der Waals surface area contributed by atoms with Gasteiger partial charge in [0, 0.05) is 29.2 Å². The number of hydrogen-bond donors (Lipinski definition) is 1. The van der Waals surface area contributed by atoms with E-state index in [4.69, 9.17) is 9.47 Å². The molecule has 0 spiro atoms. The van der Waals surface area contributed by atoms with Crippen LogP contribution < -0.4 is 14.8 Å². The Balaban J connectivity index is 1.60. The van der Waals surface area contributed by atoms with Gasteiger partial charge in [0.25, 0.3) is 0 Å². The average molecular weight is 338 g/mol. The van der Waals surface area contributed by atoms with E-state index >= 15 is 0 Å². The monoisotopic (exact) mass is 337 g/mol. The first-order chi connectivity index (χ1) is 9.72. The fourth-order valence-electron chi connectivity index (χ4n) is 2.44. The predicted molar refractivity (Wildman–Crippen MR) is 78.9 cm³/mol. The van der Waals surface area contributed by atoms with Crippen LogP contribution in [0.4, 0.5) is 0 Å². The molecule has 0 unspecified atom stereocenters. The first-order valence-corrected chi connectivity index (χ1v) is 7.57. The number of halogens is 1. The topological polar surface area (TPSA) is 47.6 Å². The highest BCUT2D eigenvalue weighted by Gasteiger charge is 2.16. The van der Waals surface area contributed by atoms with Crippen molar-refractivity contribution in [2.24, 2.45) is 0 Å². The second-order valence-corrected chi connectivity index (χ2v) is 5.82. The summed E-state index contributed by atoms with van der Waals surface area (Å²) in [6.07, 6.45) is 5.19. The molecule has 0 radical (unpaired) electrons. The van der Waals surface area contributed by atoms with Gasteiger partial charge < -0.3 is 14.8 Å². The highest BCUT2D eigenvalue weighted by Crippen LogP contribution is 2.37. The second-order valence-electron chi connectivity index (χ2n) is 4.96. The maximum atomic E-state index is 11.3. The van der Waals surface area contributed by atoms with Crippen LogP contribution in [0.3, 0.4) is 0 Å². The maximum Gasteiger partial charge on any atom is 0.231 e. The summed E-state index contributed by atoms with van der Waals surface area (Å²) in [5, 5.41) is 3.34. The van der Waals surface area contributed by atoms with Gasteiger partial charge in [0.2, 0.25) is 6.79 Å². The molecule has 5 heteroatoms. The Morgan fingerprint density at radius 1 is 1.20 bits per heavy atom. The van der Waals surface area contributed by atoms with Crippen molar-refractivity contribution in [2.75, 3.05) is 13.3 Å². The summed E-state index contributed by atoms with van der Waals surface area (Å²) in [7, 11) is 0. The van der Waals surface area contributed by atoms with Gasteiger partial charge in [-0.2, -0.15) is 0 Å². The molecule has 0 saturated heterocycles. The van der Waals surface area contributed by atoms with E-state index in [0.717, 1.165) is 47.5 Å². The summed E-state index contributed by atoms with van der Waals surface area (Å²) in [5.41, 5.74) is 2.22. The third kappa shape index (κ3) is 2.98. The number of carbonyl (C=O) groups excluding carboxylic acids is 1. The minimum Gasteiger partial charge on any atom is -0.454 e. The molecule has 1 aliphatic carbocycles. The van der Waals surface area contributed by atoms with Crippen molar-refractivity contribution in [3.63, 3.8) is 0 Å². The summed E-state index contributed by atoms with van der Waals surface area (Å²) in [6.45, 7) is 1.09. The van der Waals surface area contributed by atoms with Crippen molar-refractivity contribution in [1.82, 2.24) is 5.32 Å². The lowest BCUT2D eigenvalue weighted by molar-refractivity contribution is -0.115. The minimum absolute atomic E-state index is 0.225. The normalized spacial score (nSPS) is 17.1. The zero-order valence-corrected chi connectivity index (χ0v) is 12.7. The van der Waals surface area contributed by atoms with E-state index in [-0.39, 0.29) is 5.78 Å². The molecule has 2 aliphatic rings. The van der Waals surface area contributed by atoms with Crippen molar-refractivity contribution < 1.29 is 14.3 Å². The van der Waals surface area contributed by atoms with Gasteiger partial charge >= 0.3 is 0 Å². The number of benzene rings is 1. The molecule has 1 heterocycles. The van der Waals surface area contributed by atoms with Crippen LogP contribution in [0.2, 0.25) is 0 Å². The third-order valence-corrected chi connectivity index (χ3v) is 4.23. The van der Waals surface area contributed by atoms with Crippen LogP contribution in [0.25, 0.3) is 0 Å². The number of allylic oxidation sites excluding steroid dienone is 2. The fourth-order valence-corrected chi connectivity index (χ4v) is 2.96. The van der Waals surface area contributed by atoms with Crippen molar-refractivity contribution in [1.29, 1.82) is 0 Å². The predicted octanol–water partition coefficient (Wildman–Crippen LogP) is 2.95. The molecular weight excluding hydrogens is 322 g/mol. The van der Waals surface area contributed by atoms with Gasteiger partial charge in [0.15, 0.2) is 17.3 Å². The molecule has 0 saturated carbocycles. The smallest absolute Gasteiger partial charge is 0.231 e. The lowest BCUT2D eigenvalue weighted by atomic mass is 10.0. The second kappa shape index (κ2) is 5.87. The van der Waals surface area contributed by atoms with Crippen LogP contribution in [0.15, 0.2) is 28.4 Å². The van der Waals surface area contributed by atoms with Gasteiger partial charge in [-0.1, -0.05) is 15.9 Å². The molecule has 1 aliphatic heterocycles. The average Bonchev–Trinajstić information content (AvgIpc) is 2.86. The van der Waals surface area contributed by atoms with E-state index in [1.807, 2.05) is 12.1 Å². The first kappa shape index (κ1) is 13.5. The summed E-state index contributed by atoms with van der Waals surface area (Å²) < 4.78 is 11.7. The highest BCUT2D eigenvalue weighted by molar-refractivity contribution is 9.10. The van der Waals surface area contributed by atoms with E-state index in [1.165, 1.54) is 5.56 Å². The van der Waals surface area contributed by atoms with Crippen molar-refractivity contribution in [3.05, 3.63) is 33.9 Å². The Bertz CT molecular complexity index is 568. The fraction of sp³-hybridized carbons (Fsp3) is 0.400. The zero-order valence-electron chi connectivity index (χ0n) is 11.1. The lowest BCUT2D eigenvalue weighted by Gasteiger charge is -2.14. The Labute approximate surface area is 126 Å². The molecule has 0 fully saturated rings. The number of ether oxygens (including phenoxy) is 2. The highest BCUT2D eigenvalue weighted by atomic mass is 79.9. The molecule has 1 aromatic rings. The molecule has 3 rings (SSSR count). The van der Waals surface area contributed by atoms with Gasteiger partial charge in [-0.15, -0.1) is 0 Å². The first-order valence-electron chi connectivity index (χ1n) is 6.77. The van der Waals surface area contributed by atoms with E-state index in [2.05, 4.69) is 21.2 Å². The van der Waals surface area contributed by atoms with Crippen molar-refractivity contribution in [2.45, 2.75) is 25.7 Å².